The first kappa shape index (κ1) is 13.2. The number of thiocarbonyl (C=S) groups is 1. The van der Waals surface area contributed by atoms with E-state index in [1.165, 1.54) is 0 Å². The SMILES string of the molecule is CCOc1c(/C=N/NC(N)=S)cccc1OC. The van der Waals surface area contributed by atoms with E-state index in [2.05, 4.69) is 22.7 Å². The number of nitrogens with two attached hydrogens (primary N) is 1. The van der Waals surface area contributed by atoms with Gasteiger partial charge >= 0.3 is 0 Å². The predicted octanol–water partition coefficient (Wildman–Crippen LogP) is 1.26. The molecule has 0 aliphatic rings. The zero-order chi connectivity index (χ0) is 12.7. The second-order valence-electron chi connectivity index (χ2n) is 3.05. The van der Waals surface area contributed by atoms with Gasteiger partial charge in [-0.3, -0.25) is 5.43 Å². The van der Waals surface area contributed by atoms with E-state index in [0.29, 0.717) is 18.1 Å². The molecule has 0 unspecified atom stereocenters. The van der Waals surface area contributed by atoms with Crippen LogP contribution in [-0.4, -0.2) is 25.0 Å². The van der Waals surface area contributed by atoms with Gasteiger partial charge in [-0.05, 0) is 31.3 Å². The van der Waals surface area contributed by atoms with E-state index in [0.717, 1.165) is 5.56 Å². The van der Waals surface area contributed by atoms with Crippen LogP contribution in [0.1, 0.15) is 12.5 Å². The third-order valence-electron chi connectivity index (χ3n) is 1.90. The van der Waals surface area contributed by atoms with E-state index in [9.17, 15) is 0 Å². The molecular weight excluding hydrogens is 238 g/mol. The first-order valence-corrected chi connectivity index (χ1v) is 5.48. The zero-order valence-electron chi connectivity index (χ0n) is 9.77. The molecule has 0 bridgehead atoms. The van der Waals surface area contributed by atoms with Gasteiger partial charge in [0, 0.05) is 5.56 Å². The van der Waals surface area contributed by atoms with Gasteiger partial charge in [-0.15, -0.1) is 0 Å². The van der Waals surface area contributed by atoms with Crippen molar-refractivity contribution in [3.63, 3.8) is 0 Å². The second-order valence-corrected chi connectivity index (χ2v) is 3.49. The number of ether oxygens (including phenoxy) is 2. The largest absolute Gasteiger partial charge is 0.493 e. The van der Waals surface area contributed by atoms with Gasteiger partial charge in [0.15, 0.2) is 16.6 Å². The second kappa shape index (κ2) is 6.70. The predicted molar refractivity (Wildman–Crippen MR) is 71.7 cm³/mol. The maximum absolute atomic E-state index is 5.51. The molecule has 0 aromatic heterocycles. The Hall–Kier alpha value is -1.82. The molecule has 1 aromatic carbocycles. The quantitative estimate of drug-likeness (QED) is 0.470. The summed E-state index contributed by atoms with van der Waals surface area (Å²) in [6.07, 6.45) is 1.58. The fourth-order valence-corrected chi connectivity index (χ4v) is 1.31. The summed E-state index contributed by atoms with van der Waals surface area (Å²) in [5.41, 5.74) is 8.53. The Morgan fingerprint density at radius 1 is 1.59 bits per heavy atom. The maximum atomic E-state index is 5.51. The number of benzene rings is 1. The van der Waals surface area contributed by atoms with Crippen molar-refractivity contribution in [2.24, 2.45) is 10.8 Å². The molecule has 0 atom stereocenters. The molecule has 1 aromatic rings. The molecule has 3 N–H and O–H groups in total. The van der Waals surface area contributed by atoms with E-state index < -0.39 is 0 Å². The van der Waals surface area contributed by atoms with Gasteiger partial charge in [-0.1, -0.05) is 6.07 Å². The molecule has 0 saturated carbocycles. The lowest BCUT2D eigenvalue weighted by atomic mass is 10.2. The summed E-state index contributed by atoms with van der Waals surface area (Å²) in [7, 11) is 1.59. The monoisotopic (exact) mass is 253 g/mol. The molecule has 0 spiro atoms. The summed E-state index contributed by atoms with van der Waals surface area (Å²) in [5, 5.41) is 4.00. The van der Waals surface area contributed by atoms with Gasteiger partial charge < -0.3 is 15.2 Å². The first-order valence-electron chi connectivity index (χ1n) is 5.07. The van der Waals surface area contributed by atoms with Gasteiger partial charge in [0.2, 0.25) is 0 Å². The highest BCUT2D eigenvalue weighted by molar-refractivity contribution is 7.80. The van der Waals surface area contributed by atoms with E-state index >= 15 is 0 Å². The first-order chi connectivity index (χ1) is 8.19. The summed E-state index contributed by atoms with van der Waals surface area (Å²) < 4.78 is 10.7. The van der Waals surface area contributed by atoms with Gasteiger partial charge in [-0.2, -0.15) is 5.10 Å². The Morgan fingerprint density at radius 3 is 2.94 bits per heavy atom. The van der Waals surface area contributed by atoms with Crippen molar-refractivity contribution in [3.8, 4) is 11.5 Å². The number of hydrazone groups is 1. The molecule has 1 rings (SSSR count). The summed E-state index contributed by atoms with van der Waals surface area (Å²) in [6.45, 7) is 2.45. The van der Waals surface area contributed by atoms with E-state index in [1.807, 2.05) is 25.1 Å². The molecule has 0 heterocycles. The average Bonchev–Trinajstić information content (AvgIpc) is 2.30. The third kappa shape index (κ3) is 3.92. The van der Waals surface area contributed by atoms with Gasteiger partial charge in [-0.25, -0.2) is 0 Å². The number of rotatable bonds is 5. The van der Waals surface area contributed by atoms with Crippen LogP contribution in [0, 0.1) is 0 Å². The normalized spacial score (nSPS) is 10.2. The maximum Gasteiger partial charge on any atom is 0.184 e. The molecule has 92 valence electrons. The van der Waals surface area contributed by atoms with Crippen molar-refractivity contribution in [1.82, 2.24) is 5.43 Å². The molecule has 6 heteroatoms. The Labute approximate surface area is 106 Å². The standard InChI is InChI=1S/C11H15N3O2S/c1-3-16-10-8(7-13-14-11(12)17)5-4-6-9(10)15-2/h4-7H,3H2,1-2H3,(H3,12,14,17)/b13-7+. The number of nitrogens with zero attached hydrogens (tertiary/aromatic N) is 1. The van der Waals surface area contributed by atoms with Gasteiger partial charge in [0.05, 0.1) is 19.9 Å². The van der Waals surface area contributed by atoms with Crippen molar-refractivity contribution in [1.29, 1.82) is 0 Å². The number of nitrogens with one attached hydrogen (secondary N) is 1. The van der Waals surface area contributed by atoms with E-state index in [4.69, 9.17) is 15.2 Å². The molecule has 0 radical (unpaired) electrons. The third-order valence-corrected chi connectivity index (χ3v) is 1.99. The molecule has 0 fully saturated rings. The Kier molecular flexibility index (Phi) is 5.22. The Morgan fingerprint density at radius 2 is 2.35 bits per heavy atom. The summed E-state index contributed by atoms with van der Waals surface area (Å²) >= 11 is 4.64. The molecule has 0 saturated heterocycles. The zero-order valence-corrected chi connectivity index (χ0v) is 10.6. The van der Waals surface area contributed by atoms with Crippen molar-refractivity contribution < 1.29 is 9.47 Å². The number of hydrogen-bond donors (Lipinski definition) is 2. The lowest BCUT2D eigenvalue weighted by Gasteiger charge is -2.11. The molecule has 0 aliphatic carbocycles. The van der Waals surface area contributed by atoms with Crippen molar-refractivity contribution in [2.45, 2.75) is 6.92 Å². The number of methoxy groups -OCH3 is 1. The molecule has 0 aliphatic heterocycles. The van der Waals surface area contributed by atoms with Crippen LogP contribution in [0.15, 0.2) is 23.3 Å². The summed E-state index contributed by atoms with van der Waals surface area (Å²) in [5.74, 6) is 1.30. The highest BCUT2D eigenvalue weighted by atomic mass is 32.1. The molecule has 17 heavy (non-hydrogen) atoms. The van der Waals surface area contributed by atoms with Crippen LogP contribution in [0.2, 0.25) is 0 Å². The number of para-hydroxylation sites is 1. The highest BCUT2D eigenvalue weighted by Crippen LogP contribution is 2.29. The van der Waals surface area contributed by atoms with Crippen LogP contribution in [0.25, 0.3) is 0 Å². The van der Waals surface area contributed by atoms with Gasteiger partial charge in [0.25, 0.3) is 0 Å². The van der Waals surface area contributed by atoms with E-state index in [1.54, 1.807) is 13.3 Å². The fourth-order valence-electron chi connectivity index (χ4n) is 1.26. The van der Waals surface area contributed by atoms with Crippen molar-refractivity contribution in [2.75, 3.05) is 13.7 Å². The minimum absolute atomic E-state index is 0.113. The Bertz CT molecular complexity index is 421. The topological polar surface area (TPSA) is 68.9 Å². The van der Waals surface area contributed by atoms with Crippen LogP contribution < -0.4 is 20.6 Å². The summed E-state index contributed by atoms with van der Waals surface area (Å²) in [4.78, 5) is 0. The molecule has 0 amide bonds. The minimum Gasteiger partial charge on any atom is -0.493 e. The van der Waals surface area contributed by atoms with Crippen LogP contribution in [0.5, 0.6) is 11.5 Å². The Balaban J connectivity index is 2.96. The fraction of sp³-hybridized carbons (Fsp3) is 0.273. The van der Waals surface area contributed by atoms with Crippen molar-refractivity contribution in [3.05, 3.63) is 23.8 Å². The van der Waals surface area contributed by atoms with Crippen molar-refractivity contribution >= 4 is 23.5 Å². The molecule has 5 nitrogen and oxygen atoms in total. The average molecular weight is 253 g/mol. The lowest BCUT2D eigenvalue weighted by Crippen LogP contribution is -2.24. The van der Waals surface area contributed by atoms with Gasteiger partial charge in [0.1, 0.15) is 0 Å². The molecular formula is C11H15N3O2S. The minimum atomic E-state index is 0.113. The summed E-state index contributed by atoms with van der Waals surface area (Å²) in [6, 6.07) is 5.53. The smallest absolute Gasteiger partial charge is 0.184 e. The van der Waals surface area contributed by atoms with Crippen LogP contribution in [0.4, 0.5) is 0 Å². The number of hydrogen-bond acceptors (Lipinski definition) is 4. The lowest BCUT2D eigenvalue weighted by molar-refractivity contribution is 0.310. The van der Waals surface area contributed by atoms with E-state index in [-0.39, 0.29) is 5.11 Å². The highest BCUT2D eigenvalue weighted by Gasteiger charge is 2.07. The van der Waals surface area contributed by atoms with Crippen LogP contribution in [0.3, 0.4) is 0 Å². The van der Waals surface area contributed by atoms with Crippen LogP contribution in [-0.2, 0) is 0 Å². The van der Waals surface area contributed by atoms with Crippen LogP contribution >= 0.6 is 12.2 Å².